The van der Waals surface area contributed by atoms with Crippen LogP contribution in [0.1, 0.15) is 12.8 Å². The first-order valence-electron chi connectivity index (χ1n) is 3.23. The van der Waals surface area contributed by atoms with E-state index in [-0.39, 0.29) is 51.4 Å². The molecule has 2 atom stereocenters. The van der Waals surface area contributed by atoms with Crippen LogP contribution in [0, 0.1) is 0 Å². The number of rotatable bonds is 0. The summed E-state index contributed by atoms with van der Waals surface area (Å²) in [6.07, 6.45) is 2.54. The van der Waals surface area contributed by atoms with Gasteiger partial charge in [-0.1, -0.05) is 12.8 Å². The van der Waals surface area contributed by atoms with Gasteiger partial charge in [0.15, 0.2) is 0 Å². The summed E-state index contributed by atoms with van der Waals surface area (Å²) in [5, 5.41) is 4.47. The van der Waals surface area contributed by atoms with Crippen molar-refractivity contribution in [1.29, 1.82) is 0 Å². The summed E-state index contributed by atoms with van der Waals surface area (Å²) >= 11 is 0. The average Bonchev–Trinajstić information content (AvgIpc) is 2.12. The first kappa shape index (κ1) is 8.65. The molecule has 2 aliphatic heterocycles. The van der Waals surface area contributed by atoms with Crippen molar-refractivity contribution in [2.75, 3.05) is 13.2 Å². The molecule has 2 rings (SSSR count). The van der Waals surface area contributed by atoms with Gasteiger partial charge in [0.1, 0.15) is 0 Å². The maximum absolute atomic E-state index is 5.26. The van der Waals surface area contributed by atoms with Gasteiger partial charge in [0.05, 0.1) is 0 Å². The number of hydrogen-bond donors (Lipinski definition) is 0. The van der Waals surface area contributed by atoms with Crippen LogP contribution in [0.25, 0.3) is 5.32 Å². The minimum atomic E-state index is 0. The zero-order valence-corrected chi connectivity index (χ0v) is 8.96. The van der Waals surface area contributed by atoms with Gasteiger partial charge in [0, 0.05) is 13.2 Å². The summed E-state index contributed by atoms with van der Waals surface area (Å²) in [4.78, 5) is 0. The number of ether oxygens (including phenoxy) is 1. The van der Waals surface area contributed by atoms with E-state index < -0.39 is 0 Å². The molecule has 2 aliphatic rings. The van der Waals surface area contributed by atoms with Crippen LogP contribution in [0.4, 0.5) is 0 Å². The average molecular weight is 151 g/mol. The molecule has 0 aromatic rings. The Kier molecular flexibility index (Phi) is 3.66. The third kappa shape index (κ3) is 1.99. The van der Waals surface area contributed by atoms with Gasteiger partial charge < -0.3 is 10.1 Å². The molecule has 2 unspecified atom stereocenters. The first-order chi connectivity index (χ1) is 3.95. The molecule has 2 nitrogen and oxygen atoms in total. The van der Waals surface area contributed by atoms with Crippen LogP contribution in [0.2, 0.25) is 0 Å². The van der Waals surface area contributed by atoms with Crippen molar-refractivity contribution >= 4 is 0 Å². The van der Waals surface area contributed by atoms with Gasteiger partial charge in [-0.25, -0.2) is 0 Å². The van der Waals surface area contributed by atoms with Crippen molar-refractivity contribution < 1.29 is 56.1 Å². The molecule has 2 saturated heterocycles. The summed E-state index contributed by atoms with van der Waals surface area (Å²) < 4.78 is 5.26. The standard InChI is InChI=1S/C6H10NO.K/c1-2-6-4-8-3-5(1)7-6;/h5-6H,1-4H2;/q-1;+1. The monoisotopic (exact) mass is 151 g/mol. The minimum Gasteiger partial charge on any atom is -0.653 e. The molecule has 0 N–H and O–H groups in total. The Morgan fingerprint density at radius 1 is 1.11 bits per heavy atom. The Hall–Kier alpha value is 1.56. The van der Waals surface area contributed by atoms with Gasteiger partial charge in [-0.05, 0) is 0 Å². The zero-order chi connectivity index (χ0) is 5.40. The van der Waals surface area contributed by atoms with Gasteiger partial charge in [-0.2, -0.15) is 0 Å². The van der Waals surface area contributed by atoms with E-state index in [1.165, 1.54) is 12.8 Å². The normalized spacial score (nSPS) is 40.0. The van der Waals surface area contributed by atoms with E-state index in [4.69, 9.17) is 4.74 Å². The van der Waals surface area contributed by atoms with Crippen molar-refractivity contribution in [3.8, 4) is 0 Å². The molecule has 2 heterocycles. The Balaban J connectivity index is 0.000000405. The number of morpholine rings is 1. The van der Waals surface area contributed by atoms with Crippen LogP contribution in [0.5, 0.6) is 0 Å². The number of nitrogens with zero attached hydrogens (tertiary/aromatic N) is 1. The third-order valence-electron chi connectivity index (χ3n) is 1.88. The summed E-state index contributed by atoms with van der Waals surface area (Å²) in [6.45, 7) is 1.77. The zero-order valence-electron chi connectivity index (χ0n) is 5.84. The summed E-state index contributed by atoms with van der Waals surface area (Å²) in [6, 6.07) is 1.13. The fraction of sp³-hybridized carbons (Fsp3) is 1.00. The van der Waals surface area contributed by atoms with Crippen molar-refractivity contribution in [3.05, 3.63) is 5.32 Å². The van der Waals surface area contributed by atoms with Crippen molar-refractivity contribution in [3.63, 3.8) is 0 Å². The quantitative estimate of drug-likeness (QED) is 0.365. The molecule has 46 valence electrons. The second-order valence-electron chi connectivity index (χ2n) is 2.57. The molecule has 3 heteroatoms. The Labute approximate surface area is 98.1 Å². The van der Waals surface area contributed by atoms with E-state index in [2.05, 4.69) is 5.32 Å². The molecule has 0 aromatic heterocycles. The second-order valence-corrected chi connectivity index (χ2v) is 2.57. The fourth-order valence-electron chi connectivity index (χ4n) is 1.42. The van der Waals surface area contributed by atoms with E-state index in [1.54, 1.807) is 0 Å². The molecule has 0 aliphatic carbocycles. The van der Waals surface area contributed by atoms with Crippen molar-refractivity contribution in [2.24, 2.45) is 0 Å². The molecule has 0 aromatic carbocycles. The molecule has 0 radical (unpaired) electrons. The second kappa shape index (κ2) is 3.81. The molecular weight excluding hydrogens is 141 g/mol. The topological polar surface area (TPSA) is 23.3 Å². The van der Waals surface area contributed by atoms with E-state index in [0.717, 1.165) is 13.2 Å². The van der Waals surface area contributed by atoms with Crippen LogP contribution in [-0.2, 0) is 4.74 Å². The third-order valence-corrected chi connectivity index (χ3v) is 1.88. The predicted molar refractivity (Wildman–Crippen MR) is 31.0 cm³/mol. The van der Waals surface area contributed by atoms with E-state index >= 15 is 0 Å². The van der Waals surface area contributed by atoms with E-state index in [9.17, 15) is 0 Å². The maximum atomic E-state index is 5.26. The largest absolute Gasteiger partial charge is 1.00 e. The SMILES string of the molecule is C1CC2COCC1[N-]2.[K+]. The smallest absolute Gasteiger partial charge is 0.653 e. The van der Waals surface area contributed by atoms with Crippen molar-refractivity contribution in [1.82, 2.24) is 0 Å². The Bertz CT molecular complexity index is 85.1. The number of hydrogen-bond acceptors (Lipinski definition) is 1. The van der Waals surface area contributed by atoms with Crippen LogP contribution in [-0.4, -0.2) is 25.3 Å². The Morgan fingerprint density at radius 3 is 2.11 bits per heavy atom. The van der Waals surface area contributed by atoms with Gasteiger partial charge in [-0.15, -0.1) is 12.1 Å². The molecule has 2 bridgehead atoms. The molecule has 9 heavy (non-hydrogen) atoms. The van der Waals surface area contributed by atoms with Crippen molar-refractivity contribution in [2.45, 2.75) is 24.9 Å². The molecular formula is C6H10KNO. The molecule has 0 spiro atoms. The van der Waals surface area contributed by atoms with Gasteiger partial charge >= 0.3 is 51.4 Å². The summed E-state index contributed by atoms with van der Waals surface area (Å²) in [5.41, 5.74) is 0. The fourth-order valence-corrected chi connectivity index (χ4v) is 1.42. The predicted octanol–water partition coefficient (Wildman–Crippen LogP) is -2.07. The summed E-state index contributed by atoms with van der Waals surface area (Å²) in [7, 11) is 0. The van der Waals surface area contributed by atoms with Crippen LogP contribution in [0.3, 0.4) is 0 Å². The maximum Gasteiger partial charge on any atom is 1.00 e. The summed E-state index contributed by atoms with van der Waals surface area (Å²) in [5.74, 6) is 0. The molecule has 0 amide bonds. The van der Waals surface area contributed by atoms with E-state index in [0.29, 0.717) is 12.1 Å². The first-order valence-corrected chi connectivity index (χ1v) is 3.23. The van der Waals surface area contributed by atoms with Crippen LogP contribution in [0.15, 0.2) is 0 Å². The number of fused-ring (bicyclic) bond motifs is 2. The van der Waals surface area contributed by atoms with Gasteiger partial charge in [0.25, 0.3) is 0 Å². The van der Waals surface area contributed by atoms with Crippen LogP contribution >= 0.6 is 0 Å². The molecule has 0 saturated carbocycles. The minimum absolute atomic E-state index is 0. The molecule has 2 fully saturated rings. The van der Waals surface area contributed by atoms with Gasteiger partial charge in [0.2, 0.25) is 0 Å². The van der Waals surface area contributed by atoms with Gasteiger partial charge in [-0.3, -0.25) is 0 Å². The Morgan fingerprint density at radius 2 is 1.67 bits per heavy atom. The van der Waals surface area contributed by atoms with E-state index in [1.807, 2.05) is 0 Å². The van der Waals surface area contributed by atoms with Crippen LogP contribution < -0.4 is 51.4 Å².